The number of aromatic nitrogens is 2. The molecule has 0 unspecified atom stereocenters. The van der Waals surface area contributed by atoms with Crippen LogP contribution in [0.15, 0.2) is 10.7 Å². The van der Waals surface area contributed by atoms with E-state index in [4.69, 9.17) is 4.74 Å². The second-order valence-electron chi connectivity index (χ2n) is 3.50. The number of methoxy groups -OCH3 is 1. The predicted octanol–water partition coefficient (Wildman–Crippen LogP) is 0.599. The Hall–Kier alpha value is -0.930. The maximum atomic E-state index is 10.8. The molecule has 0 aliphatic heterocycles. The summed E-state index contributed by atoms with van der Waals surface area (Å²) in [5.41, 5.74) is 0. The fourth-order valence-electron chi connectivity index (χ4n) is 1.13. The van der Waals surface area contributed by atoms with Crippen LogP contribution in [0.4, 0.5) is 5.95 Å². The minimum atomic E-state index is -3.12. The van der Waals surface area contributed by atoms with Gasteiger partial charge in [0.15, 0.2) is 0 Å². The molecule has 18 heavy (non-hydrogen) atoms. The van der Waals surface area contributed by atoms with Gasteiger partial charge in [0.1, 0.15) is 0 Å². The fourth-order valence-corrected chi connectivity index (χ4v) is 1.99. The number of nitrogens with zero attached hydrogens (tertiary/aromatic N) is 2. The number of anilines is 1. The molecule has 1 rings (SSSR count). The lowest BCUT2D eigenvalue weighted by atomic mass is 10.4. The molecule has 9 heteroatoms. The summed E-state index contributed by atoms with van der Waals surface area (Å²) in [7, 11) is -1.60. The van der Waals surface area contributed by atoms with Crippen molar-refractivity contribution >= 4 is 31.9 Å². The van der Waals surface area contributed by atoms with E-state index in [0.717, 1.165) is 6.26 Å². The van der Waals surface area contributed by atoms with Crippen molar-refractivity contribution in [3.63, 3.8) is 0 Å². The van der Waals surface area contributed by atoms with Crippen LogP contribution < -0.4 is 14.8 Å². The second kappa shape index (κ2) is 6.86. The highest BCUT2D eigenvalue weighted by Gasteiger charge is 2.04. The molecule has 0 fully saturated rings. The monoisotopic (exact) mass is 338 g/mol. The molecule has 0 aromatic carbocycles. The third-order valence-corrected chi connectivity index (χ3v) is 3.18. The van der Waals surface area contributed by atoms with E-state index < -0.39 is 10.0 Å². The molecule has 1 aromatic heterocycles. The maximum Gasteiger partial charge on any atom is 0.232 e. The van der Waals surface area contributed by atoms with Gasteiger partial charge in [-0.05, 0) is 22.4 Å². The standard InChI is InChI=1S/C9H15BrN4O3S/c1-17-8-7(10)6-12-9(14-8)11-4-3-5-13-18(2,15)16/h6,13H,3-5H2,1-2H3,(H,11,12,14). The number of rotatable bonds is 7. The molecular weight excluding hydrogens is 324 g/mol. The van der Waals surface area contributed by atoms with Crippen LogP contribution in [0.5, 0.6) is 5.88 Å². The van der Waals surface area contributed by atoms with Gasteiger partial charge in [-0.15, -0.1) is 0 Å². The first-order valence-electron chi connectivity index (χ1n) is 5.17. The molecule has 0 aliphatic rings. The van der Waals surface area contributed by atoms with E-state index in [9.17, 15) is 8.42 Å². The zero-order valence-corrected chi connectivity index (χ0v) is 12.5. The van der Waals surface area contributed by atoms with E-state index in [0.29, 0.717) is 35.8 Å². The quantitative estimate of drug-likeness (QED) is 0.707. The van der Waals surface area contributed by atoms with Crippen LogP contribution in [-0.4, -0.2) is 44.8 Å². The van der Waals surface area contributed by atoms with Gasteiger partial charge in [-0.2, -0.15) is 4.98 Å². The van der Waals surface area contributed by atoms with Crippen molar-refractivity contribution in [3.8, 4) is 5.88 Å². The third kappa shape index (κ3) is 5.61. The second-order valence-corrected chi connectivity index (χ2v) is 6.18. The topological polar surface area (TPSA) is 93.2 Å². The highest BCUT2D eigenvalue weighted by molar-refractivity contribution is 9.10. The lowest BCUT2D eigenvalue weighted by molar-refractivity contribution is 0.394. The largest absolute Gasteiger partial charge is 0.480 e. The lowest BCUT2D eigenvalue weighted by Gasteiger charge is -2.07. The Balaban J connectivity index is 2.36. The summed E-state index contributed by atoms with van der Waals surface area (Å²) in [6.45, 7) is 0.937. The Morgan fingerprint density at radius 2 is 2.17 bits per heavy atom. The van der Waals surface area contributed by atoms with Crippen LogP contribution in [0, 0.1) is 0 Å². The fraction of sp³-hybridized carbons (Fsp3) is 0.556. The summed E-state index contributed by atoms with van der Waals surface area (Å²) in [5, 5.41) is 2.97. The van der Waals surface area contributed by atoms with Crippen molar-refractivity contribution in [2.75, 3.05) is 31.8 Å². The predicted molar refractivity (Wildman–Crippen MR) is 72.2 cm³/mol. The molecule has 1 heterocycles. The number of sulfonamides is 1. The molecule has 0 saturated heterocycles. The highest BCUT2D eigenvalue weighted by Crippen LogP contribution is 2.21. The van der Waals surface area contributed by atoms with E-state index in [2.05, 4.69) is 35.9 Å². The first-order valence-corrected chi connectivity index (χ1v) is 7.86. The van der Waals surface area contributed by atoms with Gasteiger partial charge in [0.05, 0.1) is 24.0 Å². The van der Waals surface area contributed by atoms with Gasteiger partial charge < -0.3 is 10.1 Å². The Bertz CT molecular complexity index is 495. The van der Waals surface area contributed by atoms with Gasteiger partial charge in [-0.25, -0.2) is 18.1 Å². The van der Waals surface area contributed by atoms with E-state index in [-0.39, 0.29) is 0 Å². The number of halogens is 1. The summed E-state index contributed by atoms with van der Waals surface area (Å²) in [6.07, 6.45) is 3.35. The summed E-state index contributed by atoms with van der Waals surface area (Å²) in [4.78, 5) is 8.15. The van der Waals surface area contributed by atoms with Crippen molar-refractivity contribution in [1.29, 1.82) is 0 Å². The average molecular weight is 339 g/mol. The van der Waals surface area contributed by atoms with Gasteiger partial charge in [-0.3, -0.25) is 0 Å². The van der Waals surface area contributed by atoms with Crippen molar-refractivity contribution in [3.05, 3.63) is 10.7 Å². The molecular formula is C9H15BrN4O3S. The van der Waals surface area contributed by atoms with Gasteiger partial charge >= 0.3 is 0 Å². The van der Waals surface area contributed by atoms with Gasteiger partial charge in [-0.1, -0.05) is 0 Å². The highest BCUT2D eigenvalue weighted by atomic mass is 79.9. The SMILES string of the molecule is COc1nc(NCCCNS(C)(=O)=O)ncc1Br. The van der Waals surface area contributed by atoms with Gasteiger partial charge in [0.2, 0.25) is 21.9 Å². The molecule has 0 saturated carbocycles. The first kappa shape index (κ1) is 15.1. The van der Waals surface area contributed by atoms with Crippen molar-refractivity contribution in [2.45, 2.75) is 6.42 Å². The Morgan fingerprint density at radius 1 is 1.44 bits per heavy atom. The van der Waals surface area contributed by atoms with Crippen molar-refractivity contribution in [1.82, 2.24) is 14.7 Å². The molecule has 0 radical (unpaired) electrons. The Labute approximate surface area is 115 Å². The zero-order valence-electron chi connectivity index (χ0n) is 10.1. The van der Waals surface area contributed by atoms with Crippen LogP contribution in [0.3, 0.4) is 0 Å². The van der Waals surface area contributed by atoms with Crippen LogP contribution in [0.25, 0.3) is 0 Å². The van der Waals surface area contributed by atoms with Crippen LogP contribution in [0.1, 0.15) is 6.42 Å². The van der Waals surface area contributed by atoms with Crippen molar-refractivity contribution in [2.24, 2.45) is 0 Å². The molecule has 1 aromatic rings. The zero-order chi connectivity index (χ0) is 13.6. The minimum absolute atomic E-state index is 0.375. The van der Waals surface area contributed by atoms with E-state index in [1.807, 2.05) is 0 Å². The van der Waals surface area contributed by atoms with E-state index in [1.165, 1.54) is 7.11 Å². The number of nitrogens with one attached hydrogen (secondary N) is 2. The van der Waals surface area contributed by atoms with Crippen LogP contribution in [-0.2, 0) is 10.0 Å². The molecule has 2 N–H and O–H groups in total. The summed E-state index contributed by atoms with van der Waals surface area (Å²) < 4.78 is 29.7. The number of hydrogen-bond acceptors (Lipinski definition) is 6. The molecule has 0 aliphatic carbocycles. The molecule has 0 bridgehead atoms. The molecule has 0 atom stereocenters. The number of ether oxygens (including phenoxy) is 1. The smallest absolute Gasteiger partial charge is 0.232 e. The van der Waals surface area contributed by atoms with Gasteiger partial charge in [0.25, 0.3) is 0 Å². The lowest BCUT2D eigenvalue weighted by Crippen LogP contribution is -2.24. The normalized spacial score (nSPS) is 11.3. The van der Waals surface area contributed by atoms with E-state index >= 15 is 0 Å². The molecule has 0 spiro atoms. The van der Waals surface area contributed by atoms with Gasteiger partial charge in [0, 0.05) is 13.1 Å². The van der Waals surface area contributed by atoms with Crippen LogP contribution in [0.2, 0.25) is 0 Å². The van der Waals surface area contributed by atoms with Crippen LogP contribution >= 0.6 is 15.9 Å². The average Bonchev–Trinajstić information content (AvgIpc) is 2.29. The Kier molecular flexibility index (Phi) is 5.76. The maximum absolute atomic E-state index is 10.8. The van der Waals surface area contributed by atoms with Crippen molar-refractivity contribution < 1.29 is 13.2 Å². The first-order chi connectivity index (χ1) is 8.42. The molecule has 102 valence electrons. The molecule has 7 nitrogen and oxygen atoms in total. The third-order valence-electron chi connectivity index (χ3n) is 1.91. The van der Waals surface area contributed by atoms with E-state index in [1.54, 1.807) is 6.20 Å². The Morgan fingerprint density at radius 3 is 2.78 bits per heavy atom. The molecule has 0 amide bonds. The summed E-state index contributed by atoms with van der Waals surface area (Å²) in [5.74, 6) is 0.885. The minimum Gasteiger partial charge on any atom is -0.480 e. The summed E-state index contributed by atoms with van der Waals surface area (Å²) in [6, 6.07) is 0. The summed E-state index contributed by atoms with van der Waals surface area (Å²) >= 11 is 3.25. The number of hydrogen-bond donors (Lipinski definition) is 2.